The van der Waals surface area contributed by atoms with Crippen molar-refractivity contribution >= 4 is 17.7 Å². The Hall–Kier alpha value is -0.460. The lowest BCUT2D eigenvalue weighted by Gasteiger charge is -2.37. The Morgan fingerprint density at radius 1 is 1.20 bits per heavy atom. The SMILES string of the molecule is CCSC1(CNC(=NC)NCCCOC2CCCCC2)CCOCC1. The highest BCUT2D eigenvalue weighted by atomic mass is 32.2. The summed E-state index contributed by atoms with van der Waals surface area (Å²) in [6, 6.07) is 0. The van der Waals surface area contributed by atoms with Gasteiger partial charge in [0.1, 0.15) is 0 Å². The minimum absolute atomic E-state index is 0.286. The fourth-order valence-corrected chi connectivity index (χ4v) is 4.89. The zero-order valence-electron chi connectivity index (χ0n) is 16.1. The summed E-state index contributed by atoms with van der Waals surface area (Å²) in [7, 11) is 1.84. The predicted octanol–water partition coefficient (Wildman–Crippen LogP) is 3.19. The quantitative estimate of drug-likeness (QED) is 0.370. The van der Waals surface area contributed by atoms with E-state index in [-0.39, 0.29) is 4.75 Å². The van der Waals surface area contributed by atoms with Crippen molar-refractivity contribution in [1.29, 1.82) is 0 Å². The van der Waals surface area contributed by atoms with Crippen LogP contribution in [0.2, 0.25) is 0 Å². The lowest BCUT2D eigenvalue weighted by Crippen LogP contribution is -2.48. The van der Waals surface area contributed by atoms with Gasteiger partial charge in [-0.25, -0.2) is 0 Å². The molecule has 2 aliphatic rings. The first-order chi connectivity index (χ1) is 12.3. The van der Waals surface area contributed by atoms with Gasteiger partial charge in [0.25, 0.3) is 0 Å². The van der Waals surface area contributed by atoms with Gasteiger partial charge in [0.15, 0.2) is 5.96 Å². The second-order valence-corrected chi connectivity index (χ2v) is 8.80. The maximum atomic E-state index is 5.98. The van der Waals surface area contributed by atoms with Crippen molar-refractivity contribution < 1.29 is 9.47 Å². The van der Waals surface area contributed by atoms with E-state index in [9.17, 15) is 0 Å². The van der Waals surface area contributed by atoms with E-state index in [4.69, 9.17) is 9.47 Å². The molecular weight excluding hydrogens is 334 g/mol. The fraction of sp³-hybridized carbons (Fsp3) is 0.947. The Kier molecular flexibility index (Phi) is 10.0. The molecule has 0 spiro atoms. The molecule has 1 heterocycles. The average molecular weight is 372 g/mol. The van der Waals surface area contributed by atoms with Crippen molar-refractivity contribution in [3.8, 4) is 0 Å². The standard InChI is InChI=1S/C19H37N3O2S/c1-3-25-19(10-14-23-15-11-19)16-22-18(20-2)21-12-7-13-24-17-8-5-4-6-9-17/h17H,3-16H2,1-2H3,(H2,20,21,22). The van der Waals surface area contributed by atoms with Gasteiger partial charge in [0.05, 0.1) is 6.10 Å². The van der Waals surface area contributed by atoms with E-state index in [1.807, 2.05) is 7.05 Å². The van der Waals surface area contributed by atoms with Crippen molar-refractivity contribution in [3.05, 3.63) is 0 Å². The summed E-state index contributed by atoms with van der Waals surface area (Å²) in [4.78, 5) is 4.36. The maximum Gasteiger partial charge on any atom is 0.191 e. The molecule has 146 valence electrons. The Bertz CT molecular complexity index is 375. The van der Waals surface area contributed by atoms with Crippen LogP contribution in [-0.4, -0.2) is 62.5 Å². The summed E-state index contributed by atoms with van der Waals surface area (Å²) in [5, 5.41) is 6.95. The third-order valence-corrected chi connectivity index (χ3v) is 6.63. The van der Waals surface area contributed by atoms with Gasteiger partial charge in [-0.15, -0.1) is 0 Å². The fourth-order valence-electron chi connectivity index (χ4n) is 3.65. The minimum Gasteiger partial charge on any atom is -0.381 e. The third-order valence-electron chi connectivity index (χ3n) is 5.18. The number of rotatable bonds is 9. The first kappa shape index (κ1) is 20.8. The second-order valence-electron chi connectivity index (χ2n) is 7.07. The zero-order valence-corrected chi connectivity index (χ0v) is 17.0. The molecule has 0 amide bonds. The van der Waals surface area contributed by atoms with E-state index in [1.165, 1.54) is 32.1 Å². The second kappa shape index (κ2) is 12.0. The molecule has 2 N–H and O–H groups in total. The van der Waals surface area contributed by atoms with Crippen LogP contribution in [0.1, 0.15) is 58.3 Å². The lowest BCUT2D eigenvalue weighted by molar-refractivity contribution is 0.0277. The largest absolute Gasteiger partial charge is 0.381 e. The molecule has 0 unspecified atom stereocenters. The minimum atomic E-state index is 0.286. The van der Waals surface area contributed by atoms with Gasteiger partial charge < -0.3 is 20.1 Å². The number of hydrogen-bond acceptors (Lipinski definition) is 4. The molecule has 6 heteroatoms. The van der Waals surface area contributed by atoms with E-state index in [0.717, 1.165) is 63.9 Å². The number of thioether (sulfide) groups is 1. The van der Waals surface area contributed by atoms with Gasteiger partial charge in [0.2, 0.25) is 0 Å². The van der Waals surface area contributed by atoms with Gasteiger partial charge in [-0.2, -0.15) is 11.8 Å². The summed E-state index contributed by atoms with van der Waals surface area (Å²) >= 11 is 2.05. The van der Waals surface area contributed by atoms with Gasteiger partial charge in [-0.3, -0.25) is 4.99 Å². The maximum absolute atomic E-state index is 5.98. The number of nitrogens with one attached hydrogen (secondary N) is 2. The van der Waals surface area contributed by atoms with Crippen molar-refractivity contribution in [2.45, 2.75) is 69.1 Å². The first-order valence-corrected chi connectivity index (χ1v) is 11.0. The highest BCUT2D eigenvalue weighted by Gasteiger charge is 2.32. The first-order valence-electron chi connectivity index (χ1n) is 10.1. The molecular formula is C19H37N3O2S. The number of hydrogen-bond donors (Lipinski definition) is 2. The van der Waals surface area contributed by atoms with Gasteiger partial charge in [-0.1, -0.05) is 26.2 Å². The van der Waals surface area contributed by atoms with Crippen LogP contribution in [-0.2, 0) is 9.47 Å². The van der Waals surface area contributed by atoms with E-state index >= 15 is 0 Å². The van der Waals surface area contributed by atoms with Crippen LogP contribution in [0.25, 0.3) is 0 Å². The number of nitrogens with zero attached hydrogens (tertiary/aromatic N) is 1. The van der Waals surface area contributed by atoms with Crippen molar-refractivity contribution in [3.63, 3.8) is 0 Å². The Morgan fingerprint density at radius 3 is 2.64 bits per heavy atom. The molecule has 1 aliphatic heterocycles. The van der Waals surface area contributed by atoms with Crippen molar-refractivity contribution in [2.75, 3.05) is 45.7 Å². The zero-order chi connectivity index (χ0) is 17.8. The summed E-state index contributed by atoms with van der Waals surface area (Å²) in [5.74, 6) is 2.05. The van der Waals surface area contributed by atoms with E-state index in [2.05, 4.69) is 34.3 Å². The van der Waals surface area contributed by atoms with Crippen LogP contribution in [0.15, 0.2) is 4.99 Å². The Balaban J connectivity index is 1.60. The molecule has 2 fully saturated rings. The summed E-state index contributed by atoms with van der Waals surface area (Å²) in [6.45, 7) is 6.69. The van der Waals surface area contributed by atoms with Crippen molar-refractivity contribution in [2.24, 2.45) is 4.99 Å². The van der Waals surface area contributed by atoms with Crippen LogP contribution < -0.4 is 10.6 Å². The molecule has 1 saturated heterocycles. The molecule has 0 aromatic carbocycles. The number of guanidine groups is 1. The average Bonchev–Trinajstić information content (AvgIpc) is 2.66. The van der Waals surface area contributed by atoms with E-state index in [0.29, 0.717) is 6.10 Å². The van der Waals surface area contributed by atoms with Crippen LogP contribution in [0.3, 0.4) is 0 Å². The van der Waals surface area contributed by atoms with E-state index in [1.54, 1.807) is 0 Å². The van der Waals surface area contributed by atoms with Crippen LogP contribution in [0.5, 0.6) is 0 Å². The van der Waals surface area contributed by atoms with Gasteiger partial charge in [0, 0.05) is 44.7 Å². The third kappa shape index (κ3) is 7.75. The molecule has 0 bridgehead atoms. The molecule has 0 aromatic heterocycles. The monoisotopic (exact) mass is 371 g/mol. The molecule has 1 aliphatic carbocycles. The Labute approximate surface area is 158 Å². The van der Waals surface area contributed by atoms with Gasteiger partial charge in [-0.05, 0) is 37.9 Å². The molecule has 0 aromatic rings. The number of aliphatic imine (C=N–C) groups is 1. The summed E-state index contributed by atoms with van der Waals surface area (Å²) in [5.41, 5.74) is 0. The van der Waals surface area contributed by atoms with Crippen LogP contribution >= 0.6 is 11.8 Å². The Morgan fingerprint density at radius 2 is 1.96 bits per heavy atom. The number of ether oxygens (including phenoxy) is 2. The molecule has 0 radical (unpaired) electrons. The lowest BCUT2D eigenvalue weighted by atomic mass is 9.98. The molecule has 2 rings (SSSR count). The van der Waals surface area contributed by atoms with Crippen molar-refractivity contribution in [1.82, 2.24) is 10.6 Å². The molecule has 1 saturated carbocycles. The molecule has 0 atom stereocenters. The predicted molar refractivity (Wildman–Crippen MR) is 108 cm³/mol. The molecule has 5 nitrogen and oxygen atoms in total. The van der Waals surface area contributed by atoms with Gasteiger partial charge >= 0.3 is 0 Å². The summed E-state index contributed by atoms with van der Waals surface area (Å²) in [6.07, 6.45) is 10.3. The normalized spacial score (nSPS) is 21.9. The van der Waals surface area contributed by atoms with E-state index < -0.39 is 0 Å². The highest BCUT2D eigenvalue weighted by molar-refractivity contribution is 8.00. The van der Waals surface area contributed by atoms with Crippen LogP contribution in [0, 0.1) is 0 Å². The molecule has 25 heavy (non-hydrogen) atoms. The summed E-state index contributed by atoms with van der Waals surface area (Å²) < 4.78 is 11.8. The smallest absolute Gasteiger partial charge is 0.191 e. The van der Waals surface area contributed by atoms with Crippen LogP contribution in [0.4, 0.5) is 0 Å². The topological polar surface area (TPSA) is 54.9 Å². The highest BCUT2D eigenvalue weighted by Crippen LogP contribution is 2.34.